The van der Waals surface area contributed by atoms with Crippen LogP contribution in [0.25, 0.3) is 5.70 Å². The first kappa shape index (κ1) is 9.77. The zero-order valence-corrected chi connectivity index (χ0v) is 8.36. The third-order valence-corrected chi connectivity index (χ3v) is 1.81. The second-order valence-corrected chi connectivity index (χ2v) is 3.22. The van der Waals surface area contributed by atoms with Gasteiger partial charge >= 0.3 is 0 Å². The van der Waals surface area contributed by atoms with Crippen LogP contribution in [-0.2, 0) is 0 Å². The van der Waals surface area contributed by atoms with Crippen molar-refractivity contribution < 1.29 is 0 Å². The van der Waals surface area contributed by atoms with Gasteiger partial charge < -0.3 is 10.3 Å². The maximum Gasteiger partial charge on any atom is 0.179 e. The number of hydrogen-bond acceptors (Lipinski definition) is 3. The Labute approximate surface area is 78.5 Å². The van der Waals surface area contributed by atoms with E-state index in [9.17, 15) is 0 Å². The van der Waals surface area contributed by atoms with Crippen molar-refractivity contribution in [1.82, 2.24) is 14.8 Å². The number of allylic oxidation sites excluding steroid dienone is 1. The van der Waals surface area contributed by atoms with E-state index in [0.29, 0.717) is 11.7 Å². The van der Waals surface area contributed by atoms with Gasteiger partial charge in [-0.1, -0.05) is 13.0 Å². The summed E-state index contributed by atoms with van der Waals surface area (Å²) in [5.74, 6) is 0.761. The first-order valence-corrected chi connectivity index (χ1v) is 4.52. The summed E-state index contributed by atoms with van der Waals surface area (Å²) in [7, 11) is 0. The SMILES string of the molecule is CC/C=C(\N)c1nncn1C(C)C. The Balaban J connectivity index is 3.00. The van der Waals surface area contributed by atoms with E-state index in [-0.39, 0.29) is 0 Å². The van der Waals surface area contributed by atoms with Crippen LogP contribution >= 0.6 is 0 Å². The molecule has 0 aromatic carbocycles. The molecule has 0 atom stereocenters. The topological polar surface area (TPSA) is 56.7 Å². The van der Waals surface area contributed by atoms with Crippen LogP contribution in [0.2, 0.25) is 0 Å². The minimum atomic E-state index is 0.341. The van der Waals surface area contributed by atoms with Crippen molar-refractivity contribution in [2.24, 2.45) is 5.73 Å². The molecule has 0 aliphatic rings. The van der Waals surface area contributed by atoms with E-state index in [1.807, 2.05) is 17.6 Å². The monoisotopic (exact) mass is 180 g/mol. The van der Waals surface area contributed by atoms with Gasteiger partial charge in [0.1, 0.15) is 6.33 Å². The smallest absolute Gasteiger partial charge is 0.179 e. The maximum atomic E-state index is 5.83. The fourth-order valence-electron chi connectivity index (χ4n) is 1.14. The van der Waals surface area contributed by atoms with Gasteiger partial charge in [0.05, 0.1) is 5.70 Å². The lowest BCUT2D eigenvalue weighted by Crippen LogP contribution is -2.09. The summed E-state index contributed by atoms with van der Waals surface area (Å²) in [5, 5.41) is 7.81. The van der Waals surface area contributed by atoms with Gasteiger partial charge in [-0.15, -0.1) is 10.2 Å². The van der Waals surface area contributed by atoms with Crippen molar-refractivity contribution in [2.75, 3.05) is 0 Å². The molecular formula is C9H16N4. The molecule has 72 valence electrons. The Morgan fingerprint density at radius 1 is 1.69 bits per heavy atom. The highest BCUT2D eigenvalue weighted by Gasteiger charge is 2.08. The van der Waals surface area contributed by atoms with E-state index >= 15 is 0 Å². The fourth-order valence-corrected chi connectivity index (χ4v) is 1.14. The van der Waals surface area contributed by atoms with Crippen LogP contribution in [0.3, 0.4) is 0 Å². The first-order valence-electron chi connectivity index (χ1n) is 4.52. The van der Waals surface area contributed by atoms with Gasteiger partial charge in [-0.2, -0.15) is 0 Å². The molecule has 1 rings (SSSR count). The number of hydrogen-bond donors (Lipinski definition) is 1. The molecule has 0 saturated carbocycles. The largest absolute Gasteiger partial charge is 0.396 e. The van der Waals surface area contributed by atoms with Gasteiger partial charge in [0.15, 0.2) is 5.82 Å². The van der Waals surface area contributed by atoms with Crippen molar-refractivity contribution in [3.8, 4) is 0 Å². The Kier molecular flexibility index (Phi) is 3.06. The van der Waals surface area contributed by atoms with Crippen molar-refractivity contribution in [3.63, 3.8) is 0 Å². The van der Waals surface area contributed by atoms with Crippen molar-refractivity contribution in [2.45, 2.75) is 33.2 Å². The molecule has 0 amide bonds. The van der Waals surface area contributed by atoms with Crippen molar-refractivity contribution in [1.29, 1.82) is 0 Å². The van der Waals surface area contributed by atoms with Crippen LogP contribution in [0.15, 0.2) is 12.4 Å². The highest BCUT2D eigenvalue weighted by molar-refractivity contribution is 5.55. The molecule has 0 saturated heterocycles. The fraction of sp³-hybridized carbons (Fsp3) is 0.556. The second-order valence-electron chi connectivity index (χ2n) is 3.22. The molecule has 0 fully saturated rings. The summed E-state index contributed by atoms with van der Waals surface area (Å²) in [6.45, 7) is 6.20. The maximum absolute atomic E-state index is 5.83. The van der Waals surface area contributed by atoms with E-state index < -0.39 is 0 Å². The molecule has 4 nitrogen and oxygen atoms in total. The van der Waals surface area contributed by atoms with Gasteiger partial charge in [0.25, 0.3) is 0 Å². The van der Waals surface area contributed by atoms with Gasteiger partial charge in [0.2, 0.25) is 0 Å². The quantitative estimate of drug-likeness (QED) is 0.768. The summed E-state index contributed by atoms with van der Waals surface area (Å²) >= 11 is 0. The zero-order chi connectivity index (χ0) is 9.84. The lowest BCUT2D eigenvalue weighted by atomic mass is 10.3. The highest BCUT2D eigenvalue weighted by Crippen LogP contribution is 2.11. The molecule has 0 bridgehead atoms. The molecular weight excluding hydrogens is 164 g/mol. The highest BCUT2D eigenvalue weighted by atomic mass is 15.3. The van der Waals surface area contributed by atoms with Crippen LogP contribution in [0.4, 0.5) is 0 Å². The van der Waals surface area contributed by atoms with E-state index in [0.717, 1.165) is 12.2 Å². The number of aromatic nitrogens is 3. The number of nitrogens with zero attached hydrogens (tertiary/aromatic N) is 3. The molecule has 1 heterocycles. The lowest BCUT2D eigenvalue weighted by Gasteiger charge is -2.09. The summed E-state index contributed by atoms with van der Waals surface area (Å²) < 4.78 is 1.96. The van der Waals surface area contributed by atoms with Crippen LogP contribution in [0.5, 0.6) is 0 Å². The van der Waals surface area contributed by atoms with E-state index in [2.05, 4.69) is 24.0 Å². The summed E-state index contributed by atoms with van der Waals surface area (Å²) in [5.41, 5.74) is 6.53. The summed E-state index contributed by atoms with van der Waals surface area (Å²) in [6.07, 6.45) is 4.57. The number of rotatable bonds is 3. The molecule has 4 heteroatoms. The minimum absolute atomic E-state index is 0.341. The van der Waals surface area contributed by atoms with Gasteiger partial charge in [-0.05, 0) is 20.3 Å². The van der Waals surface area contributed by atoms with Crippen molar-refractivity contribution >= 4 is 5.70 Å². The predicted octanol–water partition coefficient (Wildman–Crippen LogP) is 1.57. The van der Waals surface area contributed by atoms with Crippen LogP contribution < -0.4 is 5.73 Å². The molecule has 13 heavy (non-hydrogen) atoms. The van der Waals surface area contributed by atoms with Gasteiger partial charge in [-0.25, -0.2) is 0 Å². The molecule has 1 aromatic rings. The van der Waals surface area contributed by atoms with Crippen LogP contribution in [0.1, 0.15) is 39.1 Å². The van der Waals surface area contributed by atoms with Crippen LogP contribution in [0, 0.1) is 0 Å². The first-order chi connectivity index (χ1) is 6.16. The number of nitrogens with two attached hydrogens (primary N) is 1. The van der Waals surface area contributed by atoms with E-state index in [4.69, 9.17) is 5.73 Å². The summed E-state index contributed by atoms with van der Waals surface area (Å²) in [6, 6.07) is 0.341. The summed E-state index contributed by atoms with van der Waals surface area (Å²) in [4.78, 5) is 0. The molecule has 0 aliphatic carbocycles. The predicted molar refractivity (Wildman–Crippen MR) is 52.9 cm³/mol. The average molecular weight is 180 g/mol. The van der Waals surface area contributed by atoms with E-state index in [1.165, 1.54) is 0 Å². The Morgan fingerprint density at radius 2 is 2.38 bits per heavy atom. The standard InChI is InChI=1S/C9H16N4/c1-4-5-8(10)9-12-11-6-13(9)7(2)3/h5-7H,4,10H2,1-3H3/b8-5-. The third kappa shape index (κ3) is 2.08. The Hall–Kier alpha value is -1.32. The third-order valence-electron chi connectivity index (χ3n) is 1.81. The average Bonchev–Trinajstić information content (AvgIpc) is 2.52. The molecule has 0 unspecified atom stereocenters. The van der Waals surface area contributed by atoms with E-state index in [1.54, 1.807) is 6.33 Å². The normalized spacial score (nSPS) is 12.5. The molecule has 0 radical (unpaired) electrons. The Bertz CT molecular complexity index is 298. The second kappa shape index (κ2) is 4.07. The van der Waals surface area contributed by atoms with Gasteiger partial charge in [-0.3, -0.25) is 0 Å². The van der Waals surface area contributed by atoms with Gasteiger partial charge in [0, 0.05) is 6.04 Å². The lowest BCUT2D eigenvalue weighted by molar-refractivity contribution is 0.590. The zero-order valence-electron chi connectivity index (χ0n) is 8.36. The Morgan fingerprint density at radius 3 is 2.92 bits per heavy atom. The molecule has 0 aliphatic heterocycles. The molecule has 0 spiro atoms. The van der Waals surface area contributed by atoms with Crippen LogP contribution in [-0.4, -0.2) is 14.8 Å². The molecule has 2 N–H and O–H groups in total. The minimum Gasteiger partial charge on any atom is -0.396 e. The molecule has 1 aromatic heterocycles. The van der Waals surface area contributed by atoms with Crippen molar-refractivity contribution in [3.05, 3.63) is 18.2 Å².